The Bertz CT molecular complexity index is 1110. The van der Waals surface area contributed by atoms with E-state index in [-0.39, 0.29) is 24.8 Å². The van der Waals surface area contributed by atoms with Crippen LogP contribution >= 0.6 is 0 Å². The quantitative estimate of drug-likeness (QED) is 0.467. The number of hydrogen-bond acceptors (Lipinski definition) is 5. The third kappa shape index (κ3) is 2.95. The molecule has 1 amide bonds. The lowest BCUT2D eigenvalue weighted by Crippen LogP contribution is -2.38. The molecule has 150 valence electrons. The first kappa shape index (κ1) is 18.2. The summed E-state index contributed by atoms with van der Waals surface area (Å²) < 4.78 is 11.2. The number of carbonyl (C=O) groups excluding carboxylic acids is 1. The molecule has 7 nitrogen and oxygen atoms in total. The van der Waals surface area contributed by atoms with E-state index in [4.69, 9.17) is 9.47 Å². The van der Waals surface area contributed by atoms with E-state index in [0.717, 1.165) is 22.3 Å². The van der Waals surface area contributed by atoms with Crippen LogP contribution < -0.4 is 9.64 Å². The van der Waals surface area contributed by atoms with Gasteiger partial charge in [0.15, 0.2) is 0 Å². The second-order valence-corrected chi connectivity index (χ2v) is 7.21. The molecule has 0 spiro atoms. The van der Waals surface area contributed by atoms with Gasteiger partial charge in [0, 0.05) is 18.1 Å². The van der Waals surface area contributed by atoms with Crippen LogP contribution in [0.5, 0.6) is 5.75 Å². The number of carbonyl (C=O) groups is 1. The van der Waals surface area contributed by atoms with Gasteiger partial charge in [-0.15, -0.1) is 0 Å². The standard InChI is InChI=1S/C23H18N2O5/c26-23(24-11-12-29-22-10-9-15(25(27)28)13-21(22)24)30-14-20-18-7-3-1-5-16(18)17-6-2-4-8-19(17)20/h1-10,13,20H,11-12,14H2. The van der Waals surface area contributed by atoms with Gasteiger partial charge in [0.25, 0.3) is 5.69 Å². The van der Waals surface area contributed by atoms with Gasteiger partial charge >= 0.3 is 6.09 Å². The summed E-state index contributed by atoms with van der Waals surface area (Å²) >= 11 is 0. The van der Waals surface area contributed by atoms with Crippen LogP contribution in [0.3, 0.4) is 0 Å². The van der Waals surface area contributed by atoms with Crippen LogP contribution in [-0.2, 0) is 4.74 Å². The highest BCUT2D eigenvalue weighted by atomic mass is 16.6. The monoisotopic (exact) mass is 402 g/mol. The Morgan fingerprint density at radius 1 is 1.07 bits per heavy atom. The van der Waals surface area contributed by atoms with Crippen molar-refractivity contribution < 1.29 is 19.2 Å². The molecule has 0 unspecified atom stereocenters. The first-order chi connectivity index (χ1) is 14.6. The molecular formula is C23H18N2O5. The molecule has 5 rings (SSSR count). The molecule has 1 aliphatic heterocycles. The van der Waals surface area contributed by atoms with E-state index in [1.54, 1.807) is 0 Å². The highest BCUT2D eigenvalue weighted by molar-refractivity contribution is 5.91. The van der Waals surface area contributed by atoms with Gasteiger partial charge in [-0.05, 0) is 28.3 Å². The van der Waals surface area contributed by atoms with Crippen molar-refractivity contribution in [3.05, 3.63) is 88.0 Å². The lowest BCUT2D eigenvalue weighted by molar-refractivity contribution is -0.384. The maximum Gasteiger partial charge on any atom is 0.414 e. The first-order valence-corrected chi connectivity index (χ1v) is 9.67. The predicted molar refractivity (Wildman–Crippen MR) is 111 cm³/mol. The summed E-state index contributed by atoms with van der Waals surface area (Å²) in [6, 6.07) is 20.5. The number of non-ortho nitro benzene ring substituents is 1. The van der Waals surface area contributed by atoms with Crippen molar-refractivity contribution in [2.45, 2.75) is 5.92 Å². The van der Waals surface area contributed by atoms with Crippen LogP contribution in [0.1, 0.15) is 17.0 Å². The molecule has 0 bridgehead atoms. The van der Waals surface area contributed by atoms with Crippen molar-refractivity contribution in [2.75, 3.05) is 24.7 Å². The summed E-state index contributed by atoms with van der Waals surface area (Å²) in [5.74, 6) is 0.382. The number of anilines is 1. The van der Waals surface area contributed by atoms with Crippen LogP contribution in [0.4, 0.5) is 16.2 Å². The zero-order chi connectivity index (χ0) is 20.7. The highest BCUT2D eigenvalue weighted by Gasteiger charge is 2.31. The molecule has 0 saturated heterocycles. The Hall–Kier alpha value is -3.87. The van der Waals surface area contributed by atoms with E-state index in [2.05, 4.69) is 24.3 Å². The Morgan fingerprint density at radius 2 is 1.73 bits per heavy atom. The average molecular weight is 402 g/mol. The number of amides is 1. The Morgan fingerprint density at radius 3 is 2.40 bits per heavy atom. The van der Waals surface area contributed by atoms with Crippen LogP contribution in [0.2, 0.25) is 0 Å². The first-order valence-electron chi connectivity index (χ1n) is 9.67. The second-order valence-electron chi connectivity index (χ2n) is 7.21. The molecule has 3 aromatic carbocycles. The van der Waals surface area contributed by atoms with E-state index >= 15 is 0 Å². The zero-order valence-corrected chi connectivity index (χ0v) is 16.0. The van der Waals surface area contributed by atoms with Crippen molar-refractivity contribution in [2.24, 2.45) is 0 Å². The van der Waals surface area contributed by atoms with Gasteiger partial charge < -0.3 is 9.47 Å². The summed E-state index contributed by atoms with van der Waals surface area (Å²) in [5.41, 5.74) is 4.82. The van der Waals surface area contributed by atoms with Gasteiger partial charge in [-0.1, -0.05) is 48.5 Å². The largest absolute Gasteiger partial charge is 0.490 e. The lowest BCUT2D eigenvalue weighted by Gasteiger charge is -2.29. The second kappa shape index (κ2) is 7.18. The van der Waals surface area contributed by atoms with Crippen molar-refractivity contribution in [1.29, 1.82) is 0 Å². The topological polar surface area (TPSA) is 81.9 Å². The molecule has 1 aliphatic carbocycles. The normalized spacial score (nSPS) is 14.3. The van der Waals surface area contributed by atoms with E-state index in [1.165, 1.54) is 23.1 Å². The Balaban J connectivity index is 1.39. The van der Waals surface area contributed by atoms with Crippen molar-refractivity contribution >= 4 is 17.5 Å². The Labute approximate surface area is 172 Å². The van der Waals surface area contributed by atoms with Gasteiger partial charge in [0.2, 0.25) is 0 Å². The minimum atomic E-state index is -0.540. The van der Waals surface area contributed by atoms with Crippen molar-refractivity contribution in [3.63, 3.8) is 0 Å². The molecule has 7 heteroatoms. The van der Waals surface area contributed by atoms with E-state index in [1.807, 2.05) is 24.3 Å². The molecular weight excluding hydrogens is 384 g/mol. The maximum atomic E-state index is 12.9. The number of hydrogen-bond donors (Lipinski definition) is 0. The van der Waals surface area contributed by atoms with E-state index in [0.29, 0.717) is 18.0 Å². The number of benzene rings is 3. The number of ether oxygens (including phenoxy) is 2. The fourth-order valence-electron chi connectivity index (χ4n) is 4.18. The summed E-state index contributed by atoms with van der Waals surface area (Å²) in [4.78, 5) is 24.9. The van der Waals surface area contributed by atoms with Gasteiger partial charge in [-0.2, -0.15) is 0 Å². The van der Waals surface area contributed by atoms with Crippen LogP contribution in [0, 0.1) is 10.1 Å². The van der Waals surface area contributed by atoms with E-state index in [9.17, 15) is 14.9 Å². The fourth-order valence-corrected chi connectivity index (χ4v) is 4.18. The molecule has 0 N–H and O–H groups in total. The zero-order valence-electron chi connectivity index (χ0n) is 16.0. The van der Waals surface area contributed by atoms with Gasteiger partial charge in [-0.25, -0.2) is 4.79 Å². The molecule has 0 aromatic heterocycles. The molecule has 0 saturated carbocycles. The number of nitro groups is 1. The number of rotatable bonds is 3. The molecule has 0 fully saturated rings. The van der Waals surface area contributed by atoms with Crippen LogP contribution in [-0.4, -0.2) is 30.8 Å². The SMILES string of the molecule is O=C(OCC1c2ccccc2-c2ccccc21)N1CCOc2ccc([N+](=O)[O-])cc21. The molecule has 3 aromatic rings. The molecule has 2 aliphatic rings. The highest BCUT2D eigenvalue weighted by Crippen LogP contribution is 2.44. The van der Waals surface area contributed by atoms with Gasteiger partial charge in [-0.3, -0.25) is 15.0 Å². The summed E-state index contributed by atoms with van der Waals surface area (Å²) in [7, 11) is 0. The predicted octanol–water partition coefficient (Wildman–Crippen LogP) is 4.74. The summed E-state index contributed by atoms with van der Waals surface area (Å²) in [6.45, 7) is 0.758. The summed E-state index contributed by atoms with van der Waals surface area (Å²) in [6.07, 6.45) is -0.540. The minimum Gasteiger partial charge on any atom is -0.490 e. The molecule has 30 heavy (non-hydrogen) atoms. The smallest absolute Gasteiger partial charge is 0.414 e. The number of fused-ring (bicyclic) bond motifs is 4. The lowest BCUT2D eigenvalue weighted by atomic mass is 9.98. The van der Waals surface area contributed by atoms with E-state index < -0.39 is 11.0 Å². The maximum absolute atomic E-state index is 12.9. The number of nitrogens with zero attached hydrogens (tertiary/aromatic N) is 2. The van der Waals surface area contributed by atoms with Gasteiger partial charge in [0.05, 0.1) is 17.2 Å². The summed E-state index contributed by atoms with van der Waals surface area (Å²) in [5, 5.41) is 11.1. The minimum absolute atomic E-state index is 0.0491. The number of nitro benzene ring substituents is 1. The average Bonchev–Trinajstić information content (AvgIpc) is 3.10. The van der Waals surface area contributed by atoms with Gasteiger partial charge in [0.1, 0.15) is 19.0 Å². The fraction of sp³-hybridized carbons (Fsp3) is 0.174. The van der Waals surface area contributed by atoms with Crippen molar-refractivity contribution in [3.8, 4) is 16.9 Å². The Kier molecular flexibility index (Phi) is 4.35. The third-order valence-corrected chi connectivity index (χ3v) is 5.57. The van der Waals surface area contributed by atoms with Crippen molar-refractivity contribution in [1.82, 2.24) is 0 Å². The van der Waals surface area contributed by atoms with Crippen LogP contribution in [0.25, 0.3) is 11.1 Å². The van der Waals surface area contributed by atoms with Crippen LogP contribution in [0.15, 0.2) is 66.7 Å². The molecule has 1 heterocycles. The molecule has 0 radical (unpaired) electrons. The molecule has 0 atom stereocenters. The third-order valence-electron chi connectivity index (χ3n) is 5.57.